The van der Waals surface area contributed by atoms with E-state index < -0.39 is 0 Å². The largest absolute Gasteiger partial charge is 0.359 e. The van der Waals surface area contributed by atoms with Crippen molar-refractivity contribution in [3.05, 3.63) is 95.2 Å². The zero-order valence-electron chi connectivity index (χ0n) is 17.7. The molecule has 3 aromatic carbocycles. The van der Waals surface area contributed by atoms with E-state index in [1.807, 2.05) is 0 Å². The van der Waals surface area contributed by atoms with E-state index in [0.29, 0.717) is 6.42 Å². The maximum Gasteiger partial charge on any atom is 0.158 e. The molecule has 1 heterocycles. The average molecular weight is 425 g/mol. The summed E-state index contributed by atoms with van der Waals surface area (Å²) in [6.45, 7) is 4.19. The van der Waals surface area contributed by atoms with Crippen LogP contribution < -0.4 is 5.32 Å². The number of carbonyl (C=O) groups excluding carboxylic acids is 1. The quantitative estimate of drug-likeness (QED) is 0.383. The zero-order chi connectivity index (χ0) is 21.4. The number of benzene rings is 3. The Kier molecular flexibility index (Phi) is 5.16. The molecular weight excluding hydrogens is 400 g/mol. The van der Waals surface area contributed by atoms with Crippen molar-refractivity contribution in [3.8, 4) is 10.6 Å². The van der Waals surface area contributed by atoms with Crippen molar-refractivity contribution in [1.82, 2.24) is 4.98 Å². The average Bonchev–Trinajstić information content (AvgIpc) is 3.17. The fourth-order valence-electron chi connectivity index (χ4n) is 4.09. The first-order valence-electron chi connectivity index (χ1n) is 10.6. The minimum Gasteiger partial charge on any atom is -0.359 e. The Morgan fingerprint density at radius 3 is 2.42 bits per heavy atom. The Bertz CT molecular complexity index is 1280. The van der Waals surface area contributed by atoms with Gasteiger partial charge in [0.25, 0.3) is 0 Å². The first-order valence-corrected chi connectivity index (χ1v) is 11.4. The highest BCUT2D eigenvalue weighted by atomic mass is 32.1. The summed E-state index contributed by atoms with van der Waals surface area (Å²) in [5, 5.41) is 4.48. The number of carbonyl (C=O) groups is 1. The van der Waals surface area contributed by atoms with Gasteiger partial charge in [0.15, 0.2) is 5.78 Å². The smallest absolute Gasteiger partial charge is 0.158 e. The zero-order valence-corrected chi connectivity index (χ0v) is 18.5. The molecule has 0 saturated heterocycles. The van der Waals surface area contributed by atoms with Gasteiger partial charge in [-0.3, -0.25) is 4.79 Å². The van der Waals surface area contributed by atoms with E-state index in [9.17, 15) is 4.79 Å². The molecule has 0 fully saturated rings. The second-order valence-corrected chi connectivity index (χ2v) is 9.37. The van der Waals surface area contributed by atoms with Crippen LogP contribution in [0.15, 0.2) is 78.5 Å². The van der Waals surface area contributed by atoms with Crippen LogP contribution in [0, 0.1) is 13.8 Å². The molecule has 3 nitrogen and oxygen atoms in total. The number of anilines is 1. The van der Waals surface area contributed by atoms with Crippen LogP contribution in [0.3, 0.4) is 0 Å². The van der Waals surface area contributed by atoms with Crippen LogP contribution in [-0.2, 0) is 4.79 Å². The van der Waals surface area contributed by atoms with Crippen molar-refractivity contribution in [2.45, 2.75) is 32.6 Å². The standard InChI is InChI=1S/C27H24N2OS/c1-17-3-6-19(7-4-17)21-14-23(16-24(30)15-21)28-22-10-8-20(9-11-22)27-29-25-12-5-18(2)13-26(25)31-27/h3-13,16,21,28H,14-15H2,1-2H3/t21-/m1/s1. The Hall–Kier alpha value is -3.24. The van der Waals surface area contributed by atoms with E-state index in [-0.39, 0.29) is 11.7 Å². The number of hydrogen-bond acceptors (Lipinski definition) is 4. The number of hydrogen-bond donors (Lipinski definition) is 1. The monoisotopic (exact) mass is 424 g/mol. The van der Waals surface area contributed by atoms with E-state index in [1.54, 1.807) is 17.4 Å². The summed E-state index contributed by atoms with van der Waals surface area (Å²) in [5.74, 6) is 0.409. The molecule has 4 heteroatoms. The number of aromatic nitrogens is 1. The molecule has 1 atom stereocenters. The molecule has 0 spiro atoms. The van der Waals surface area contributed by atoms with Crippen molar-refractivity contribution < 1.29 is 4.79 Å². The second kappa shape index (κ2) is 8.12. The number of nitrogens with one attached hydrogen (secondary N) is 1. The topological polar surface area (TPSA) is 42.0 Å². The highest BCUT2D eigenvalue weighted by Gasteiger charge is 2.22. The van der Waals surface area contributed by atoms with Gasteiger partial charge in [-0.25, -0.2) is 4.98 Å². The first-order chi connectivity index (χ1) is 15.0. The summed E-state index contributed by atoms with van der Waals surface area (Å²) in [6.07, 6.45) is 3.17. The normalized spacial score (nSPS) is 16.4. The van der Waals surface area contributed by atoms with E-state index in [2.05, 4.69) is 85.9 Å². The number of nitrogens with zero attached hydrogens (tertiary/aromatic N) is 1. The molecule has 4 aromatic rings. The van der Waals surface area contributed by atoms with Crippen molar-refractivity contribution in [2.75, 3.05) is 5.32 Å². The third-order valence-electron chi connectivity index (χ3n) is 5.78. The highest BCUT2D eigenvalue weighted by molar-refractivity contribution is 7.21. The number of rotatable bonds is 4. The molecule has 0 aliphatic heterocycles. The Balaban J connectivity index is 1.32. The third-order valence-corrected chi connectivity index (χ3v) is 6.85. The van der Waals surface area contributed by atoms with Gasteiger partial charge in [0.05, 0.1) is 10.2 Å². The number of allylic oxidation sites excluding steroid dienone is 2. The SMILES string of the molecule is Cc1ccc([C@H]2CC(=O)C=C(Nc3ccc(-c4nc5ccc(C)cc5s4)cc3)C2)cc1. The lowest BCUT2D eigenvalue weighted by molar-refractivity contribution is -0.115. The summed E-state index contributed by atoms with van der Waals surface area (Å²) in [7, 11) is 0. The van der Waals surface area contributed by atoms with E-state index in [1.165, 1.54) is 21.4 Å². The van der Waals surface area contributed by atoms with Crippen molar-refractivity contribution in [2.24, 2.45) is 0 Å². The van der Waals surface area contributed by atoms with E-state index in [0.717, 1.165) is 33.9 Å². The van der Waals surface area contributed by atoms with Crippen LogP contribution in [0.4, 0.5) is 5.69 Å². The fourth-order valence-corrected chi connectivity index (χ4v) is 5.16. The van der Waals surface area contributed by atoms with Gasteiger partial charge in [-0.1, -0.05) is 35.9 Å². The van der Waals surface area contributed by atoms with Crippen LogP contribution in [0.25, 0.3) is 20.8 Å². The van der Waals surface area contributed by atoms with Gasteiger partial charge < -0.3 is 5.32 Å². The molecule has 0 saturated carbocycles. The molecule has 1 N–H and O–H groups in total. The lowest BCUT2D eigenvalue weighted by Crippen LogP contribution is -2.16. The molecule has 5 rings (SSSR count). The molecule has 0 radical (unpaired) electrons. The predicted molar refractivity (Wildman–Crippen MR) is 130 cm³/mol. The minimum absolute atomic E-state index is 0.181. The first kappa shape index (κ1) is 19.7. The maximum atomic E-state index is 12.3. The summed E-state index contributed by atoms with van der Waals surface area (Å²) in [4.78, 5) is 17.1. The number of aryl methyl sites for hydroxylation is 2. The van der Waals surface area contributed by atoms with Gasteiger partial charge in [0.1, 0.15) is 5.01 Å². The fraction of sp³-hybridized carbons (Fsp3) is 0.185. The minimum atomic E-state index is 0.181. The maximum absolute atomic E-state index is 12.3. The van der Waals surface area contributed by atoms with Crippen molar-refractivity contribution >= 4 is 33.0 Å². The van der Waals surface area contributed by atoms with Gasteiger partial charge in [0, 0.05) is 29.4 Å². The molecule has 1 aromatic heterocycles. The van der Waals surface area contributed by atoms with Crippen LogP contribution in [-0.4, -0.2) is 10.8 Å². The lowest BCUT2D eigenvalue weighted by atomic mass is 9.85. The van der Waals surface area contributed by atoms with Crippen LogP contribution in [0.2, 0.25) is 0 Å². The number of thiazole rings is 1. The molecule has 1 aliphatic carbocycles. The molecule has 154 valence electrons. The van der Waals surface area contributed by atoms with Crippen LogP contribution >= 0.6 is 11.3 Å². The summed E-state index contributed by atoms with van der Waals surface area (Å²) >= 11 is 1.72. The molecule has 31 heavy (non-hydrogen) atoms. The number of fused-ring (bicyclic) bond motifs is 1. The lowest BCUT2D eigenvalue weighted by Gasteiger charge is -2.23. The van der Waals surface area contributed by atoms with Crippen molar-refractivity contribution in [1.29, 1.82) is 0 Å². The van der Waals surface area contributed by atoms with Crippen molar-refractivity contribution in [3.63, 3.8) is 0 Å². The van der Waals surface area contributed by atoms with E-state index >= 15 is 0 Å². The summed E-state index contributed by atoms with van der Waals surface area (Å²) in [6, 6.07) is 23.2. The highest BCUT2D eigenvalue weighted by Crippen LogP contribution is 2.34. The molecule has 0 bridgehead atoms. The van der Waals surface area contributed by atoms with Gasteiger partial charge in [-0.05, 0) is 73.7 Å². The van der Waals surface area contributed by atoms with Gasteiger partial charge >= 0.3 is 0 Å². The number of ketones is 1. The molecule has 0 amide bonds. The predicted octanol–water partition coefficient (Wildman–Crippen LogP) is 7.02. The second-order valence-electron chi connectivity index (χ2n) is 8.34. The van der Waals surface area contributed by atoms with Gasteiger partial charge in [0.2, 0.25) is 0 Å². The molecule has 0 unspecified atom stereocenters. The molecule has 1 aliphatic rings. The Morgan fingerprint density at radius 2 is 1.65 bits per heavy atom. The Labute approximate surface area is 186 Å². The van der Waals surface area contributed by atoms with E-state index in [4.69, 9.17) is 4.98 Å². The summed E-state index contributed by atoms with van der Waals surface area (Å²) < 4.78 is 1.21. The van der Waals surface area contributed by atoms with Crippen LogP contribution in [0.1, 0.15) is 35.4 Å². The summed E-state index contributed by atoms with van der Waals surface area (Å²) in [5.41, 5.74) is 7.84. The molecular formula is C27H24N2OS. The van der Waals surface area contributed by atoms with Crippen LogP contribution in [0.5, 0.6) is 0 Å². The van der Waals surface area contributed by atoms with Gasteiger partial charge in [-0.15, -0.1) is 11.3 Å². The Morgan fingerprint density at radius 1 is 0.903 bits per heavy atom. The third kappa shape index (κ3) is 4.30. The van der Waals surface area contributed by atoms with Gasteiger partial charge in [-0.2, -0.15) is 0 Å².